The van der Waals surface area contributed by atoms with Crippen LogP contribution in [-0.4, -0.2) is 54.6 Å². The number of benzene rings is 3. The third-order valence-corrected chi connectivity index (χ3v) is 7.46. The van der Waals surface area contributed by atoms with Crippen LogP contribution in [-0.2, 0) is 21.5 Å². The summed E-state index contributed by atoms with van der Waals surface area (Å²) < 4.78 is 6.97. The molecule has 4 aromatic rings. The van der Waals surface area contributed by atoms with Crippen molar-refractivity contribution in [1.29, 1.82) is 0 Å². The van der Waals surface area contributed by atoms with Crippen molar-refractivity contribution in [3.8, 4) is 22.9 Å². The van der Waals surface area contributed by atoms with Gasteiger partial charge in [-0.2, -0.15) is 4.68 Å². The molecule has 0 unspecified atom stereocenters. The standard InChI is InChI=1S/C28H28Cl2N6O5S/c1-28(2,3)17-5-8-22(20(30)11-17)36-27(33-34-35-36)42-15-26(40)32-21-7-6-18(12-19(21)29)41-14-25(39)31-13-16-4-9-23(37)24(38)10-16/h4-12,37-38H,13-15H2,1-3H3,(H,31,39)(H,32,40). The average molecular weight is 632 g/mol. The van der Waals surface area contributed by atoms with Crippen molar-refractivity contribution in [3.05, 3.63) is 75.8 Å². The number of hydrogen-bond acceptors (Lipinski definition) is 9. The zero-order valence-electron chi connectivity index (χ0n) is 22.9. The highest BCUT2D eigenvalue weighted by molar-refractivity contribution is 7.99. The number of ether oxygens (including phenoxy) is 1. The molecule has 0 aliphatic carbocycles. The molecule has 0 fully saturated rings. The van der Waals surface area contributed by atoms with Crippen molar-refractivity contribution in [3.63, 3.8) is 0 Å². The van der Waals surface area contributed by atoms with E-state index in [9.17, 15) is 19.8 Å². The lowest BCUT2D eigenvalue weighted by molar-refractivity contribution is -0.123. The van der Waals surface area contributed by atoms with Gasteiger partial charge >= 0.3 is 0 Å². The third kappa shape index (κ3) is 8.05. The summed E-state index contributed by atoms with van der Waals surface area (Å²) in [7, 11) is 0. The van der Waals surface area contributed by atoms with Gasteiger partial charge in [0.15, 0.2) is 18.1 Å². The van der Waals surface area contributed by atoms with Crippen molar-refractivity contribution in [1.82, 2.24) is 25.5 Å². The number of amides is 2. The summed E-state index contributed by atoms with van der Waals surface area (Å²) in [6.07, 6.45) is 0. The molecule has 1 heterocycles. The van der Waals surface area contributed by atoms with Crippen LogP contribution in [0.25, 0.3) is 5.69 Å². The molecule has 42 heavy (non-hydrogen) atoms. The lowest BCUT2D eigenvalue weighted by atomic mass is 9.87. The Morgan fingerprint density at radius 2 is 1.76 bits per heavy atom. The molecular weight excluding hydrogens is 603 g/mol. The summed E-state index contributed by atoms with van der Waals surface area (Å²) in [5.74, 6) is -0.913. The second-order valence-electron chi connectivity index (χ2n) is 10.2. The second-order valence-corrected chi connectivity index (χ2v) is 11.9. The normalized spacial score (nSPS) is 11.3. The lowest BCUT2D eigenvalue weighted by Crippen LogP contribution is -2.28. The molecule has 0 saturated heterocycles. The molecule has 0 spiro atoms. The Bertz CT molecular complexity index is 1610. The number of nitrogens with zero attached hydrogens (tertiary/aromatic N) is 4. The summed E-state index contributed by atoms with van der Waals surface area (Å²) in [5, 5.41) is 37.2. The van der Waals surface area contributed by atoms with Crippen LogP contribution in [0.15, 0.2) is 59.8 Å². The van der Waals surface area contributed by atoms with Crippen molar-refractivity contribution >= 4 is 52.5 Å². The van der Waals surface area contributed by atoms with Crippen LogP contribution in [0.4, 0.5) is 5.69 Å². The number of phenols is 2. The molecule has 0 atom stereocenters. The van der Waals surface area contributed by atoms with Gasteiger partial charge in [0, 0.05) is 12.6 Å². The van der Waals surface area contributed by atoms with Crippen molar-refractivity contribution in [2.24, 2.45) is 0 Å². The number of thioether (sulfide) groups is 1. The third-order valence-electron chi connectivity index (χ3n) is 5.93. The fraction of sp³-hybridized carbons (Fsp3) is 0.250. The first kappa shape index (κ1) is 30.9. The number of tetrazole rings is 1. The maximum absolute atomic E-state index is 12.6. The zero-order chi connectivity index (χ0) is 30.4. The second kappa shape index (κ2) is 13.3. The van der Waals surface area contributed by atoms with Crippen LogP contribution in [0.1, 0.15) is 31.9 Å². The van der Waals surface area contributed by atoms with Gasteiger partial charge in [-0.15, -0.1) is 5.10 Å². The van der Waals surface area contributed by atoms with Gasteiger partial charge in [-0.3, -0.25) is 9.59 Å². The molecule has 0 bridgehead atoms. The quantitative estimate of drug-likeness (QED) is 0.138. The van der Waals surface area contributed by atoms with E-state index >= 15 is 0 Å². The molecule has 4 rings (SSSR count). The maximum atomic E-state index is 12.6. The Kier molecular flexibility index (Phi) is 9.81. The molecule has 14 heteroatoms. The molecule has 3 aromatic carbocycles. The van der Waals surface area contributed by atoms with E-state index in [1.165, 1.54) is 22.9 Å². The molecule has 220 valence electrons. The number of anilines is 1. The molecular formula is C28H28Cl2N6O5S. The number of carbonyl (C=O) groups excluding carboxylic acids is 2. The number of hydrogen-bond donors (Lipinski definition) is 4. The lowest BCUT2D eigenvalue weighted by Gasteiger charge is -2.20. The van der Waals surface area contributed by atoms with Gasteiger partial charge < -0.3 is 25.6 Å². The highest BCUT2D eigenvalue weighted by Gasteiger charge is 2.19. The topological polar surface area (TPSA) is 151 Å². The summed E-state index contributed by atoms with van der Waals surface area (Å²) in [6, 6.07) is 14.6. The number of aromatic hydroxyl groups is 2. The minimum Gasteiger partial charge on any atom is -0.504 e. The average Bonchev–Trinajstić information content (AvgIpc) is 3.40. The van der Waals surface area contributed by atoms with Gasteiger partial charge in [-0.1, -0.05) is 67.9 Å². The fourth-order valence-corrected chi connectivity index (χ4v) is 4.81. The smallest absolute Gasteiger partial charge is 0.258 e. The van der Waals surface area contributed by atoms with Gasteiger partial charge in [0.05, 0.1) is 27.2 Å². The van der Waals surface area contributed by atoms with Gasteiger partial charge in [0.1, 0.15) is 5.75 Å². The van der Waals surface area contributed by atoms with E-state index < -0.39 is 5.91 Å². The summed E-state index contributed by atoms with van der Waals surface area (Å²) in [5.41, 5.74) is 2.58. The molecule has 0 saturated carbocycles. The number of rotatable bonds is 10. The van der Waals surface area contributed by atoms with E-state index in [0.29, 0.717) is 32.9 Å². The SMILES string of the molecule is CC(C)(C)c1ccc(-n2nnnc2SCC(=O)Nc2ccc(OCC(=O)NCc3ccc(O)c(O)c3)cc2Cl)c(Cl)c1. The van der Waals surface area contributed by atoms with Crippen molar-refractivity contribution in [2.75, 3.05) is 17.7 Å². The number of nitrogens with one attached hydrogen (secondary N) is 2. The molecule has 4 N–H and O–H groups in total. The molecule has 2 amide bonds. The highest BCUT2D eigenvalue weighted by atomic mass is 35.5. The first-order chi connectivity index (χ1) is 19.9. The largest absolute Gasteiger partial charge is 0.504 e. The van der Waals surface area contributed by atoms with Crippen LogP contribution < -0.4 is 15.4 Å². The number of carbonyl (C=O) groups is 2. The summed E-state index contributed by atoms with van der Waals surface area (Å²) in [4.78, 5) is 24.8. The Labute approximate surface area is 256 Å². The predicted octanol–water partition coefficient (Wildman–Crippen LogP) is 5.10. The van der Waals surface area contributed by atoms with Crippen molar-refractivity contribution < 1.29 is 24.5 Å². The first-order valence-electron chi connectivity index (χ1n) is 12.6. The van der Waals surface area contributed by atoms with Crippen LogP contribution in [0.2, 0.25) is 10.0 Å². The Hall–Kier alpha value is -4.00. The monoisotopic (exact) mass is 630 g/mol. The van der Waals surface area contributed by atoms with Gasteiger partial charge in [0.25, 0.3) is 5.91 Å². The molecule has 0 aliphatic heterocycles. The Morgan fingerprint density at radius 3 is 2.45 bits per heavy atom. The van der Waals surface area contributed by atoms with E-state index in [-0.39, 0.29) is 46.7 Å². The van der Waals surface area contributed by atoms with Crippen LogP contribution in [0, 0.1) is 0 Å². The van der Waals surface area contributed by atoms with E-state index in [1.54, 1.807) is 18.2 Å². The molecule has 11 nitrogen and oxygen atoms in total. The minimum absolute atomic E-state index is 0.00558. The number of aromatic nitrogens is 4. The molecule has 0 radical (unpaired) electrons. The van der Waals surface area contributed by atoms with Crippen molar-refractivity contribution in [2.45, 2.75) is 37.9 Å². The Balaban J connectivity index is 1.28. The highest BCUT2D eigenvalue weighted by Crippen LogP contribution is 2.31. The van der Waals surface area contributed by atoms with E-state index in [0.717, 1.165) is 17.3 Å². The number of halogens is 2. The Morgan fingerprint density at radius 1 is 0.976 bits per heavy atom. The van der Waals surface area contributed by atoms with E-state index in [4.69, 9.17) is 27.9 Å². The summed E-state index contributed by atoms with van der Waals surface area (Å²) >= 11 is 14.0. The maximum Gasteiger partial charge on any atom is 0.258 e. The molecule has 1 aromatic heterocycles. The van der Waals surface area contributed by atoms with Crippen LogP contribution >= 0.6 is 35.0 Å². The fourth-order valence-electron chi connectivity index (χ4n) is 3.65. The summed E-state index contributed by atoms with van der Waals surface area (Å²) in [6.45, 7) is 6.15. The zero-order valence-corrected chi connectivity index (χ0v) is 25.2. The van der Waals surface area contributed by atoms with Crippen LogP contribution in [0.5, 0.6) is 17.2 Å². The predicted molar refractivity (Wildman–Crippen MR) is 161 cm³/mol. The van der Waals surface area contributed by atoms with Gasteiger partial charge in [-0.05, 0) is 63.4 Å². The van der Waals surface area contributed by atoms with E-state index in [1.807, 2.05) is 18.2 Å². The molecule has 0 aliphatic rings. The van der Waals surface area contributed by atoms with Crippen LogP contribution in [0.3, 0.4) is 0 Å². The van der Waals surface area contributed by atoms with Gasteiger partial charge in [-0.25, -0.2) is 0 Å². The first-order valence-corrected chi connectivity index (χ1v) is 14.4. The van der Waals surface area contributed by atoms with Gasteiger partial charge in [0.2, 0.25) is 11.1 Å². The minimum atomic E-state index is -0.401. The number of phenolic OH excluding ortho intramolecular Hbond substituents is 2. The van der Waals surface area contributed by atoms with E-state index in [2.05, 4.69) is 46.9 Å².